The summed E-state index contributed by atoms with van der Waals surface area (Å²) in [7, 11) is 0. The predicted octanol–water partition coefficient (Wildman–Crippen LogP) is 4.00. The average Bonchev–Trinajstić information content (AvgIpc) is 3.21. The van der Waals surface area contributed by atoms with Crippen molar-refractivity contribution in [1.29, 1.82) is 0 Å². The number of nitrogens with zero attached hydrogens (tertiary/aromatic N) is 4. The van der Waals surface area contributed by atoms with Crippen LogP contribution in [0.4, 0.5) is 0 Å². The molecule has 7 nitrogen and oxygen atoms in total. The summed E-state index contributed by atoms with van der Waals surface area (Å²) in [6.45, 7) is 13.4. The summed E-state index contributed by atoms with van der Waals surface area (Å²) in [4.78, 5) is 11.6. The van der Waals surface area contributed by atoms with Crippen LogP contribution >= 0.6 is 11.6 Å². The topological polar surface area (TPSA) is 78.6 Å². The molecular formula is C22H35ClN6O. The Hall–Kier alpha value is -2.12. The van der Waals surface area contributed by atoms with Crippen LogP contribution in [-0.2, 0) is 6.42 Å². The monoisotopic (exact) mass is 434 g/mol. The van der Waals surface area contributed by atoms with Gasteiger partial charge < -0.3 is 20.1 Å². The van der Waals surface area contributed by atoms with E-state index in [1.54, 1.807) is 0 Å². The van der Waals surface area contributed by atoms with Gasteiger partial charge >= 0.3 is 0 Å². The Morgan fingerprint density at radius 1 is 1.20 bits per heavy atom. The molecule has 1 unspecified atom stereocenters. The molecule has 1 atom stereocenters. The zero-order valence-corrected chi connectivity index (χ0v) is 19.4. The molecule has 0 aliphatic rings. The Balaban J connectivity index is 1.82. The summed E-state index contributed by atoms with van der Waals surface area (Å²) in [6, 6.07) is 7.75. The Morgan fingerprint density at radius 2 is 1.93 bits per heavy atom. The first-order valence-corrected chi connectivity index (χ1v) is 11.3. The van der Waals surface area contributed by atoms with Crippen molar-refractivity contribution in [2.45, 2.75) is 53.0 Å². The van der Waals surface area contributed by atoms with Gasteiger partial charge in [-0.15, -0.1) is 0 Å². The highest BCUT2D eigenvalue weighted by atomic mass is 35.5. The first-order chi connectivity index (χ1) is 14.5. The van der Waals surface area contributed by atoms with E-state index in [9.17, 15) is 0 Å². The Kier molecular flexibility index (Phi) is 10.7. The van der Waals surface area contributed by atoms with E-state index >= 15 is 0 Å². The third kappa shape index (κ3) is 8.32. The van der Waals surface area contributed by atoms with E-state index in [0.717, 1.165) is 44.1 Å². The van der Waals surface area contributed by atoms with E-state index in [0.29, 0.717) is 35.7 Å². The van der Waals surface area contributed by atoms with Gasteiger partial charge in [-0.2, -0.15) is 4.98 Å². The summed E-state index contributed by atoms with van der Waals surface area (Å²) in [5.41, 5.74) is 0.881. The molecule has 2 aromatic rings. The molecule has 30 heavy (non-hydrogen) atoms. The maximum absolute atomic E-state index is 5.93. The van der Waals surface area contributed by atoms with E-state index < -0.39 is 0 Å². The Labute approximate surface area is 185 Å². The summed E-state index contributed by atoms with van der Waals surface area (Å²) >= 11 is 5.93. The van der Waals surface area contributed by atoms with Gasteiger partial charge in [0.05, 0.1) is 6.54 Å². The molecule has 0 saturated heterocycles. The van der Waals surface area contributed by atoms with Crippen LogP contribution < -0.4 is 10.6 Å². The second kappa shape index (κ2) is 13.2. The van der Waals surface area contributed by atoms with Crippen LogP contribution in [0, 0.1) is 0 Å². The van der Waals surface area contributed by atoms with Gasteiger partial charge in [0, 0.05) is 29.6 Å². The number of guanidine groups is 1. The zero-order valence-electron chi connectivity index (χ0n) is 18.6. The van der Waals surface area contributed by atoms with Gasteiger partial charge in [0.25, 0.3) is 0 Å². The number of benzene rings is 1. The van der Waals surface area contributed by atoms with Crippen molar-refractivity contribution >= 4 is 17.6 Å². The van der Waals surface area contributed by atoms with Crippen LogP contribution in [0.15, 0.2) is 33.8 Å². The third-order valence-corrected chi connectivity index (χ3v) is 5.15. The van der Waals surface area contributed by atoms with Crippen molar-refractivity contribution in [1.82, 2.24) is 25.7 Å². The Morgan fingerprint density at radius 3 is 2.60 bits per heavy atom. The summed E-state index contributed by atoms with van der Waals surface area (Å²) in [6.07, 6.45) is 2.87. The molecule has 0 saturated carbocycles. The molecule has 2 N–H and O–H groups in total. The molecule has 1 heterocycles. The SMILES string of the molecule is CCNC(=NCCc1nc(-c2ccc(Cl)cc2)no1)NC(C)CCCN(CC)CC. The number of nitrogens with one attached hydrogen (secondary N) is 2. The fourth-order valence-corrected chi connectivity index (χ4v) is 3.25. The van der Waals surface area contributed by atoms with Gasteiger partial charge in [0.1, 0.15) is 0 Å². The van der Waals surface area contributed by atoms with E-state index in [4.69, 9.17) is 16.1 Å². The molecule has 0 bridgehead atoms. The molecule has 0 spiro atoms. The van der Waals surface area contributed by atoms with Gasteiger partial charge in [0.2, 0.25) is 11.7 Å². The van der Waals surface area contributed by atoms with Crippen LogP contribution in [0.25, 0.3) is 11.4 Å². The van der Waals surface area contributed by atoms with Crippen LogP contribution in [0.2, 0.25) is 5.02 Å². The molecule has 2 rings (SSSR count). The fraction of sp³-hybridized carbons (Fsp3) is 0.591. The highest BCUT2D eigenvalue weighted by Gasteiger charge is 2.10. The average molecular weight is 435 g/mol. The summed E-state index contributed by atoms with van der Waals surface area (Å²) in [5.74, 6) is 1.97. The molecule has 0 fully saturated rings. The molecule has 1 aromatic carbocycles. The maximum Gasteiger partial charge on any atom is 0.228 e. The number of halogens is 1. The van der Waals surface area contributed by atoms with E-state index in [1.807, 2.05) is 24.3 Å². The van der Waals surface area contributed by atoms with Crippen LogP contribution in [-0.4, -0.2) is 59.8 Å². The zero-order chi connectivity index (χ0) is 21.8. The molecule has 166 valence electrons. The van der Waals surface area contributed by atoms with Crippen molar-refractivity contribution in [3.05, 3.63) is 35.2 Å². The predicted molar refractivity (Wildman–Crippen MR) is 124 cm³/mol. The number of aliphatic imine (C=N–C) groups is 1. The van der Waals surface area contributed by atoms with Gasteiger partial charge in [0.15, 0.2) is 5.96 Å². The molecule has 0 aliphatic heterocycles. The highest BCUT2D eigenvalue weighted by molar-refractivity contribution is 6.30. The first kappa shape index (κ1) is 24.2. The highest BCUT2D eigenvalue weighted by Crippen LogP contribution is 2.18. The minimum Gasteiger partial charge on any atom is -0.357 e. The molecule has 0 aliphatic carbocycles. The van der Waals surface area contributed by atoms with Crippen LogP contribution in [0.1, 0.15) is 46.4 Å². The van der Waals surface area contributed by atoms with Crippen molar-refractivity contribution < 1.29 is 4.52 Å². The van der Waals surface area contributed by atoms with Gasteiger partial charge in [-0.3, -0.25) is 4.99 Å². The van der Waals surface area contributed by atoms with Gasteiger partial charge in [-0.1, -0.05) is 30.6 Å². The lowest BCUT2D eigenvalue weighted by molar-refractivity contribution is 0.292. The van der Waals surface area contributed by atoms with Crippen LogP contribution in [0.3, 0.4) is 0 Å². The lowest BCUT2D eigenvalue weighted by atomic mass is 10.2. The standard InChI is InChI=1S/C22H35ClN6O/c1-5-24-22(26-17(4)9-8-16-29(6-2)7-3)25-15-14-20-27-21(28-30-20)18-10-12-19(23)13-11-18/h10-13,17H,5-9,14-16H2,1-4H3,(H2,24,25,26). The second-order valence-corrected chi connectivity index (χ2v) is 7.68. The minimum absolute atomic E-state index is 0.360. The van der Waals surface area contributed by atoms with Crippen molar-refractivity contribution in [2.24, 2.45) is 4.99 Å². The first-order valence-electron chi connectivity index (χ1n) is 10.9. The number of hydrogen-bond donors (Lipinski definition) is 2. The molecule has 0 radical (unpaired) electrons. The lowest BCUT2D eigenvalue weighted by Gasteiger charge is -2.21. The molecule has 8 heteroatoms. The molecule has 1 aromatic heterocycles. The minimum atomic E-state index is 0.360. The summed E-state index contributed by atoms with van der Waals surface area (Å²) < 4.78 is 5.36. The third-order valence-electron chi connectivity index (χ3n) is 4.90. The van der Waals surface area contributed by atoms with Crippen molar-refractivity contribution in [2.75, 3.05) is 32.7 Å². The van der Waals surface area contributed by atoms with Gasteiger partial charge in [-0.05, 0) is 70.6 Å². The molecule has 0 amide bonds. The van der Waals surface area contributed by atoms with Gasteiger partial charge in [-0.25, -0.2) is 0 Å². The lowest BCUT2D eigenvalue weighted by Crippen LogP contribution is -2.42. The number of hydrogen-bond acceptors (Lipinski definition) is 5. The number of aromatic nitrogens is 2. The largest absolute Gasteiger partial charge is 0.357 e. The quantitative estimate of drug-likeness (QED) is 0.388. The van der Waals surface area contributed by atoms with Crippen molar-refractivity contribution in [3.63, 3.8) is 0 Å². The normalized spacial score (nSPS) is 12.9. The fourth-order valence-electron chi connectivity index (χ4n) is 3.12. The maximum atomic E-state index is 5.93. The van der Waals surface area contributed by atoms with E-state index in [-0.39, 0.29) is 0 Å². The second-order valence-electron chi connectivity index (χ2n) is 7.24. The Bertz CT molecular complexity index is 757. The molecular weight excluding hydrogens is 400 g/mol. The van der Waals surface area contributed by atoms with Crippen molar-refractivity contribution in [3.8, 4) is 11.4 Å². The smallest absolute Gasteiger partial charge is 0.228 e. The summed E-state index contributed by atoms with van der Waals surface area (Å²) in [5, 5.41) is 11.5. The van der Waals surface area contributed by atoms with E-state index in [1.165, 1.54) is 6.42 Å². The van der Waals surface area contributed by atoms with Crippen LogP contribution in [0.5, 0.6) is 0 Å². The number of rotatable bonds is 12. The van der Waals surface area contributed by atoms with E-state index in [2.05, 4.69) is 58.4 Å².